The molecule has 1 aromatic heterocycles. The zero-order valence-electron chi connectivity index (χ0n) is 10.6. The smallest absolute Gasteiger partial charge is 0.219 e. The summed E-state index contributed by atoms with van der Waals surface area (Å²) in [6, 6.07) is 1.78. The van der Waals surface area contributed by atoms with Crippen molar-refractivity contribution in [3.63, 3.8) is 0 Å². The second kappa shape index (κ2) is 5.43. The summed E-state index contributed by atoms with van der Waals surface area (Å²) in [6.07, 6.45) is 1.92. The first-order valence-corrected chi connectivity index (χ1v) is 7.01. The summed E-state index contributed by atoms with van der Waals surface area (Å²) < 4.78 is 0. The minimum atomic E-state index is 0.127. The Balaban J connectivity index is 2.09. The van der Waals surface area contributed by atoms with Crippen LogP contribution in [-0.4, -0.2) is 53.2 Å². The highest BCUT2D eigenvalue weighted by atomic mass is 32.2. The predicted octanol–water partition coefficient (Wildman–Crippen LogP) is 0.449. The van der Waals surface area contributed by atoms with Crippen LogP contribution >= 0.6 is 11.8 Å². The second-order valence-electron chi connectivity index (χ2n) is 4.13. The molecule has 0 aromatic carbocycles. The van der Waals surface area contributed by atoms with Gasteiger partial charge in [-0.3, -0.25) is 4.79 Å². The molecule has 6 nitrogen and oxygen atoms in total. The summed E-state index contributed by atoms with van der Waals surface area (Å²) in [5.74, 6) is 1.45. The van der Waals surface area contributed by atoms with Crippen LogP contribution in [0.2, 0.25) is 0 Å². The third-order valence-electron chi connectivity index (χ3n) is 2.94. The Bertz CT molecular complexity index is 445. The number of rotatable bonds is 2. The van der Waals surface area contributed by atoms with Gasteiger partial charge >= 0.3 is 0 Å². The van der Waals surface area contributed by atoms with Gasteiger partial charge in [-0.15, -0.1) is 0 Å². The highest BCUT2D eigenvalue weighted by molar-refractivity contribution is 7.98. The van der Waals surface area contributed by atoms with Crippen LogP contribution in [0.1, 0.15) is 6.92 Å². The number of amides is 1. The van der Waals surface area contributed by atoms with Crippen LogP contribution in [0.3, 0.4) is 0 Å². The van der Waals surface area contributed by atoms with Crippen LogP contribution in [-0.2, 0) is 4.79 Å². The number of nitrogens with two attached hydrogens (primary N) is 1. The Kier molecular flexibility index (Phi) is 3.90. The number of piperazine rings is 1. The van der Waals surface area contributed by atoms with E-state index in [-0.39, 0.29) is 5.91 Å². The predicted molar refractivity (Wildman–Crippen MR) is 72.7 cm³/mol. The normalized spacial score (nSPS) is 15.9. The van der Waals surface area contributed by atoms with Crippen molar-refractivity contribution in [2.24, 2.45) is 0 Å². The first-order chi connectivity index (χ1) is 8.60. The number of nitrogen functional groups attached to an aromatic ring is 1. The molecule has 0 unspecified atom stereocenters. The number of thioether (sulfide) groups is 1. The van der Waals surface area contributed by atoms with Crippen molar-refractivity contribution in [1.82, 2.24) is 14.9 Å². The van der Waals surface area contributed by atoms with Crippen molar-refractivity contribution in [2.45, 2.75) is 12.1 Å². The molecule has 2 rings (SSSR count). The molecule has 0 saturated carbocycles. The van der Waals surface area contributed by atoms with Crippen LogP contribution in [0, 0.1) is 0 Å². The van der Waals surface area contributed by atoms with E-state index in [1.165, 1.54) is 11.8 Å². The minimum Gasteiger partial charge on any atom is -0.383 e. The Morgan fingerprint density at radius 2 is 2.00 bits per heavy atom. The first-order valence-electron chi connectivity index (χ1n) is 5.79. The SMILES string of the molecule is CSc1nc(N)cc(N2CCN(C(C)=O)CC2)n1. The molecule has 1 fully saturated rings. The van der Waals surface area contributed by atoms with E-state index in [1.807, 2.05) is 11.2 Å². The quantitative estimate of drug-likeness (QED) is 0.619. The van der Waals surface area contributed by atoms with E-state index in [0.717, 1.165) is 32.0 Å². The van der Waals surface area contributed by atoms with Gasteiger partial charge in [0.2, 0.25) is 5.91 Å². The van der Waals surface area contributed by atoms with Gasteiger partial charge in [-0.2, -0.15) is 0 Å². The van der Waals surface area contributed by atoms with Crippen molar-refractivity contribution < 1.29 is 4.79 Å². The standard InChI is InChI=1S/C11H17N5OS/c1-8(17)15-3-5-16(6-4-15)10-7-9(12)13-11(14-10)18-2/h7H,3-6H2,1-2H3,(H2,12,13,14). The summed E-state index contributed by atoms with van der Waals surface area (Å²) in [5.41, 5.74) is 5.76. The average Bonchev–Trinajstić information content (AvgIpc) is 2.38. The van der Waals surface area contributed by atoms with Crippen LogP contribution < -0.4 is 10.6 Å². The molecule has 0 atom stereocenters. The lowest BCUT2D eigenvalue weighted by atomic mass is 10.3. The Morgan fingerprint density at radius 3 is 2.56 bits per heavy atom. The number of anilines is 2. The van der Waals surface area contributed by atoms with Crippen molar-refractivity contribution in [1.29, 1.82) is 0 Å². The fourth-order valence-electron chi connectivity index (χ4n) is 1.93. The Labute approximate surface area is 111 Å². The lowest BCUT2D eigenvalue weighted by molar-refractivity contribution is -0.129. The molecule has 7 heteroatoms. The van der Waals surface area contributed by atoms with Gasteiger partial charge in [-0.05, 0) is 6.26 Å². The third kappa shape index (κ3) is 2.84. The lowest BCUT2D eigenvalue weighted by Gasteiger charge is -2.34. The molecule has 0 aliphatic carbocycles. The number of hydrogen-bond donors (Lipinski definition) is 1. The summed E-state index contributed by atoms with van der Waals surface area (Å²) in [4.78, 5) is 23.8. The number of nitrogens with zero attached hydrogens (tertiary/aromatic N) is 4. The van der Waals surface area contributed by atoms with E-state index in [2.05, 4.69) is 14.9 Å². The molecule has 1 amide bonds. The van der Waals surface area contributed by atoms with Crippen molar-refractivity contribution >= 4 is 29.3 Å². The largest absolute Gasteiger partial charge is 0.383 e. The first kappa shape index (κ1) is 12.9. The third-order valence-corrected chi connectivity index (χ3v) is 3.49. The van der Waals surface area contributed by atoms with E-state index >= 15 is 0 Å². The van der Waals surface area contributed by atoms with E-state index < -0.39 is 0 Å². The highest BCUT2D eigenvalue weighted by Crippen LogP contribution is 2.19. The van der Waals surface area contributed by atoms with Gasteiger partial charge in [0.05, 0.1) is 0 Å². The maximum Gasteiger partial charge on any atom is 0.219 e. The van der Waals surface area contributed by atoms with Crippen LogP contribution in [0.4, 0.5) is 11.6 Å². The fraction of sp³-hybridized carbons (Fsp3) is 0.545. The summed E-state index contributed by atoms with van der Waals surface area (Å²) in [7, 11) is 0. The molecule has 18 heavy (non-hydrogen) atoms. The number of hydrogen-bond acceptors (Lipinski definition) is 6. The molecule has 1 aromatic rings. The van der Waals surface area contributed by atoms with Gasteiger partial charge in [0.1, 0.15) is 11.6 Å². The van der Waals surface area contributed by atoms with Gasteiger partial charge in [0.25, 0.3) is 0 Å². The molecule has 0 radical (unpaired) electrons. The van der Waals surface area contributed by atoms with Gasteiger partial charge in [-0.1, -0.05) is 11.8 Å². The van der Waals surface area contributed by atoms with Gasteiger partial charge in [0.15, 0.2) is 5.16 Å². The van der Waals surface area contributed by atoms with E-state index in [0.29, 0.717) is 11.0 Å². The summed E-state index contributed by atoms with van der Waals surface area (Å²) >= 11 is 1.47. The lowest BCUT2D eigenvalue weighted by Crippen LogP contribution is -2.48. The zero-order chi connectivity index (χ0) is 13.1. The number of carbonyl (C=O) groups is 1. The van der Waals surface area contributed by atoms with Gasteiger partial charge < -0.3 is 15.5 Å². The highest BCUT2D eigenvalue weighted by Gasteiger charge is 2.20. The van der Waals surface area contributed by atoms with Crippen LogP contribution in [0.5, 0.6) is 0 Å². The Morgan fingerprint density at radius 1 is 1.33 bits per heavy atom. The van der Waals surface area contributed by atoms with Gasteiger partial charge in [-0.25, -0.2) is 9.97 Å². The number of carbonyl (C=O) groups excluding carboxylic acids is 1. The fourth-order valence-corrected chi connectivity index (χ4v) is 2.32. The molecule has 2 N–H and O–H groups in total. The average molecular weight is 267 g/mol. The summed E-state index contributed by atoms with van der Waals surface area (Å²) in [5, 5.41) is 0.680. The topological polar surface area (TPSA) is 75.3 Å². The molecule has 98 valence electrons. The monoisotopic (exact) mass is 267 g/mol. The zero-order valence-corrected chi connectivity index (χ0v) is 11.4. The summed E-state index contributed by atoms with van der Waals surface area (Å²) in [6.45, 7) is 4.62. The molecule has 1 saturated heterocycles. The maximum absolute atomic E-state index is 11.3. The molecule has 2 heterocycles. The van der Waals surface area contributed by atoms with E-state index in [4.69, 9.17) is 5.73 Å². The minimum absolute atomic E-state index is 0.127. The van der Waals surface area contributed by atoms with E-state index in [1.54, 1.807) is 13.0 Å². The van der Waals surface area contributed by atoms with Crippen LogP contribution in [0.25, 0.3) is 0 Å². The maximum atomic E-state index is 11.3. The van der Waals surface area contributed by atoms with Crippen molar-refractivity contribution in [2.75, 3.05) is 43.1 Å². The number of aromatic nitrogens is 2. The van der Waals surface area contributed by atoms with Crippen molar-refractivity contribution in [3.8, 4) is 0 Å². The van der Waals surface area contributed by atoms with Gasteiger partial charge in [0, 0.05) is 39.2 Å². The molecular weight excluding hydrogens is 250 g/mol. The molecule has 0 spiro atoms. The van der Waals surface area contributed by atoms with Crippen LogP contribution in [0.15, 0.2) is 11.2 Å². The molecule has 1 aliphatic heterocycles. The Hall–Kier alpha value is -1.50. The second-order valence-corrected chi connectivity index (χ2v) is 4.90. The molecule has 0 bridgehead atoms. The van der Waals surface area contributed by atoms with E-state index in [9.17, 15) is 4.79 Å². The molecular formula is C11H17N5OS. The molecule has 1 aliphatic rings. The van der Waals surface area contributed by atoms with Crippen molar-refractivity contribution in [3.05, 3.63) is 6.07 Å².